The third kappa shape index (κ3) is 2.24. The van der Waals surface area contributed by atoms with E-state index in [-0.39, 0.29) is 12.4 Å². The van der Waals surface area contributed by atoms with Crippen molar-refractivity contribution in [3.63, 3.8) is 0 Å². The van der Waals surface area contributed by atoms with Crippen molar-refractivity contribution in [3.8, 4) is 0 Å². The molecule has 0 amide bonds. The fraction of sp³-hybridized carbons (Fsp3) is 0.111. The molecule has 12 heavy (non-hydrogen) atoms. The molecule has 0 bridgehead atoms. The maximum atomic E-state index is 10.8. The average molecular weight is 184 g/mol. The van der Waals surface area contributed by atoms with Crippen LogP contribution in [0.25, 0.3) is 0 Å². The lowest BCUT2D eigenvalue weighted by Gasteiger charge is -2.00. The second-order valence-corrected chi connectivity index (χ2v) is 2.69. The molecule has 0 heterocycles. The molecular weight excluding hydrogens is 176 g/mol. The van der Waals surface area contributed by atoms with Gasteiger partial charge in [-0.25, -0.2) is 0 Å². The van der Waals surface area contributed by atoms with Crippen LogP contribution in [0.1, 0.15) is 5.56 Å². The lowest BCUT2D eigenvalue weighted by molar-refractivity contribution is -0.137. The first kappa shape index (κ1) is 9.07. The minimum atomic E-state index is -0.386. The normalized spacial score (nSPS) is 9.50. The Labute approximate surface area is 76.1 Å². The van der Waals surface area contributed by atoms with Crippen molar-refractivity contribution in [1.29, 1.82) is 0 Å². The van der Waals surface area contributed by atoms with E-state index in [0.717, 1.165) is 5.56 Å². The van der Waals surface area contributed by atoms with Gasteiger partial charge < -0.3 is 4.74 Å². The Morgan fingerprint density at radius 1 is 1.50 bits per heavy atom. The highest BCUT2D eigenvalue weighted by Crippen LogP contribution is 2.15. The molecule has 0 saturated heterocycles. The molecule has 0 fully saturated rings. The summed E-state index contributed by atoms with van der Waals surface area (Å²) in [6.07, 6.45) is 0.170. The highest BCUT2D eigenvalue weighted by Gasteiger charge is 2.05. The van der Waals surface area contributed by atoms with Crippen LogP contribution in [0.2, 0.25) is 5.02 Å². The summed E-state index contributed by atoms with van der Waals surface area (Å²) in [5, 5.41) is 0.572. The molecule has 0 aliphatic heterocycles. The monoisotopic (exact) mass is 183 g/mol. The largest absolute Gasteiger partial charge is 0.462 e. The van der Waals surface area contributed by atoms with E-state index < -0.39 is 0 Å². The third-order valence-electron chi connectivity index (χ3n) is 1.45. The van der Waals surface area contributed by atoms with Crippen molar-refractivity contribution in [2.75, 3.05) is 0 Å². The highest BCUT2D eigenvalue weighted by molar-refractivity contribution is 6.31. The van der Waals surface area contributed by atoms with E-state index in [9.17, 15) is 4.79 Å². The zero-order chi connectivity index (χ0) is 8.97. The topological polar surface area (TPSA) is 26.3 Å². The Morgan fingerprint density at radius 3 is 2.75 bits per heavy atom. The van der Waals surface area contributed by atoms with Crippen molar-refractivity contribution >= 4 is 17.6 Å². The first-order valence-corrected chi connectivity index (χ1v) is 3.80. The molecular formula is C9H8ClO2. The van der Waals surface area contributed by atoms with Crippen LogP contribution in [-0.2, 0) is 16.0 Å². The van der Waals surface area contributed by atoms with Gasteiger partial charge in [0.05, 0.1) is 6.42 Å². The van der Waals surface area contributed by atoms with Gasteiger partial charge in [0.2, 0.25) is 0 Å². The summed E-state index contributed by atoms with van der Waals surface area (Å²) in [4.78, 5) is 10.8. The number of ether oxygens (including phenoxy) is 1. The van der Waals surface area contributed by atoms with Crippen molar-refractivity contribution < 1.29 is 9.53 Å². The van der Waals surface area contributed by atoms with Gasteiger partial charge in [-0.2, -0.15) is 0 Å². The molecule has 0 aromatic heterocycles. The molecule has 1 radical (unpaired) electrons. The number of carbonyl (C=O) groups is 1. The quantitative estimate of drug-likeness (QED) is 0.658. The van der Waals surface area contributed by atoms with E-state index >= 15 is 0 Å². The zero-order valence-electron chi connectivity index (χ0n) is 6.42. The minimum Gasteiger partial charge on any atom is -0.462 e. The summed E-state index contributed by atoms with van der Waals surface area (Å²) in [6, 6.07) is 7.13. The summed E-state index contributed by atoms with van der Waals surface area (Å²) in [5.41, 5.74) is 0.757. The Kier molecular flexibility index (Phi) is 3.11. The molecule has 1 rings (SSSR count). The highest BCUT2D eigenvalue weighted by atomic mass is 35.5. The van der Waals surface area contributed by atoms with Gasteiger partial charge in [0.1, 0.15) is 7.11 Å². The van der Waals surface area contributed by atoms with Gasteiger partial charge in [-0.05, 0) is 11.6 Å². The molecule has 3 heteroatoms. The van der Waals surface area contributed by atoms with Gasteiger partial charge >= 0.3 is 5.97 Å². The van der Waals surface area contributed by atoms with Gasteiger partial charge in [-0.1, -0.05) is 29.8 Å². The van der Waals surface area contributed by atoms with E-state index in [1.165, 1.54) is 0 Å². The first-order valence-electron chi connectivity index (χ1n) is 3.42. The van der Waals surface area contributed by atoms with Crippen LogP contribution in [0.3, 0.4) is 0 Å². The molecule has 0 spiro atoms. The van der Waals surface area contributed by atoms with Gasteiger partial charge in [0, 0.05) is 5.02 Å². The minimum absolute atomic E-state index is 0.170. The fourth-order valence-electron chi connectivity index (χ4n) is 0.848. The number of hydrogen-bond acceptors (Lipinski definition) is 2. The van der Waals surface area contributed by atoms with E-state index in [4.69, 9.17) is 11.6 Å². The third-order valence-corrected chi connectivity index (χ3v) is 1.82. The van der Waals surface area contributed by atoms with Crippen LogP contribution in [0.15, 0.2) is 24.3 Å². The Morgan fingerprint density at radius 2 is 2.17 bits per heavy atom. The average Bonchev–Trinajstić information content (AvgIpc) is 2.09. The van der Waals surface area contributed by atoms with Gasteiger partial charge in [-0.15, -0.1) is 0 Å². The number of benzene rings is 1. The summed E-state index contributed by atoms with van der Waals surface area (Å²) in [6.45, 7) is 0. The van der Waals surface area contributed by atoms with Crippen LogP contribution >= 0.6 is 11.6 Å². The maximum Gasteiger partial charge on any atom is 0.310 e. The molecule has 0 unspecified atom stereocenters. The smallest absolute Gasteiger partial charge is 0.310 e. The summed E-state index contributed by atoms with van der Waals surface area (Å²) in [5.74, 6) is -0.386. The fourth-order valence-corrected chi connectivity index (χ4v) is 1.05. The van der Waals surface area contributed by atoms with Crippen molar-refractivity contribution in [1.82, 2.24) is 0 Å². The predicted molar refractivity (Wildman–Crippen MR) is 46.6 cm³/mol. The van der Waals surface area contributed by atoms with Crippen LogP contribution in [0.5, 0.6) is 0 Å². The second kappa shape index (κ2) is 4.12. The first-order chi connectivity index (χ1) is 5.74. The number of esters is 1. The van der Waals surface area contributed by atoms with Crippen LogP contribution in [-0.4, -0.2) is 5.97 Å². The Bertz CT molecular complexity index is 284. The predicted octanol–water partition coefficient (Wildman–Crippen LogP) is 2.22. The van der Waals surface area contributed by atoms with Crippen LogP contribution in [0, 0.1) is 7.11 Å². The molecule has 0 atom stereocenters. The molecule has 63 valence electrons. The standard InChI is InChI=1S/C9H8ClO2/c1-12-9(11)6-7-4-2-3-5-8(7)10/h2-5H,1,6H2. The van der Waals surface area contributed by atoms with Crippen molar-refractivity contribution in [3.05, 3.63) is 42.0 Å². The van der Waals surface area contributed by atoms with Crippen LogP contribution < -0.4 is 0 Å². The molecule has 1 aromatic rings. The van der Waals surface area contributed by atoms with Gasteiger partial charge in [0.25, 0.3) is 0 Å². The molecule has 1 aromatic carbocycles. The molecule has 2 nitrogen and oxygen atoms in total. The lowest BCUT2D eigenvalue weighted by atomic mass is 10.1. The van der Waals surface area contributed by atoms with Crippen molar-refractivity contribution in [2.45, 2.75) is 6.42 Å². The van der Waals surface area contributed by atoms with Gasteiger partial charge in [0.15, 0.2) is 0 Å². The Balaban J connectivity index is 2.75. The molecule has 0 saturated carbocycles. The van der Waals surface area contributed by atoms with Crippen LogP contribution in [0.4, 0.5) is 0 Å². The van der Waals surface area contributed by atoms with E-state index in [2.05, 4.69) is 11.8 Å². The number of carbonyl (C=O) groups excluding carboxylic acids is 1. The van der Waals surface area contributed by atoms with E-state index in [0.29, 0.717) is 5.02 Å². The van der Waals surface area contributed by atoms with Gasteiger partial charge in [-0.3, -0.25) is 4.79 Å². The van der Waals surface area contributed by atoms with E-state index in [1.807, 2.05) is 6.07 Å². The summed E-state index contributed by atoms with van der Waals surface area (Å²) < 4.78 is 4.26. The summed E-state index contributed by atoms with van der Waals surface area (Å²) >= 11 is 5.80. The second-order valence-electron chi connectivity index (χ2n) is 2.28. The molecule has 0 aliphatic rings. The Hall–Kier alpha value is -1.02. The maximum absolute atomic E-state index is 10.8. The zero-order valence-corrected chi connectivity index (χ0v) is 7.17. The number of halogens is 1. The lowest BCUT2D eigenvalue weighted by Crippen LogP contribution is -2.03. The molecule has 0 aliphatic carbocycles. The number of rotatable bonds is 2. The molecule has 0 N–H and O–H groups in total. The summed E-state index contributed by atoms with van der Waals surface area (Å²) in [7, 11) is 3.02. The van der Waals surface area contributed by atoms with E-state index in [1.54, 1.807) is 18.2 Å². The number of hydrogen-bond donors (Lipinski definition) is 0. The van der Waals surface area contributed by atoms with Crippen molar-refractivity contribution in [2.24, 2.45) is 0 Å². The SMILES string of the molecule is [CH2]OC(=O)Cc1ccccc1Cl.